The summed E-state index contributed by atoms with van der Waals surface area (Å²) in [6.07, 6.45) is 1.70. The molecule has 3 fully saturated rings. The van der Waals surface area contributed by atoms with Crippen LogP contribution in [0.25, 0.3) is 11.3 Å². The molecule has 2 aromatic rings. The minimum Gasteiger partial charge on any atom is -0.390 e. The highest BCUT2D eigenvalue weighted by molar-refractivity contribution is 5.68. The van der Waals surface area contributed by atoms with Crippen molar-refractivity contribution >= 4 is 5.88 Å². The Morgan fingerprint density at radius 3 is 2.44 bits per heavy atom. The number of aliphatic hydroxyl groups is 1. The molecule has 3 aliphatic heterocycles. The normalized spacial score (nSPS) is 22.4. The first-order valence-corrected chi connectivity index (χ1v) is 13.0. The Kier molecular flexibility index (Phi) is 8.84. The van der Waals surface area contributed by atoms with E-state index in [0.717, 1.165) is 69.2 Å². The van der Waals surface area contributed by atoms with Crippen LogP contribution in [0.1, 0.15) is 18.4 Å². The Morgan fingerprint density at radius 1 is 1.03 bits per heavy atom. The van der Waals surface area contributed by atoms with Gasteiger partial charge in [0.15, 0.2) is 0 Å². The van der Waals surface area contributed by atoms with Crippen molar-refractivity contribution in [1.29, 1.82) is 0 Å². The van der Waals surface area contributed by atoms with Crippen LogP contribution in [0.5, 0.6) is 0 Å². The highest BCUT2D eigenvalue weighted by Crippen LogP contribution is 2.33. The molecule has 0 saturated carbocycles. The van der Waals surface area contributed by atoms with Crippen LogP contribution in [0.2, 0.25) is 0 Å². The molecule has 1 aromatic carbocycles. The molecule has 0 aliphatic carbocycles. The Balaban J connectivity index is 1.38. The SMILES string of the molecule is O[C@H](CN1CCOCC1)CN(Cc1c(-c2ccc(F)cc2)noc1N1CCOCC1)C[C@H]1CCCO1. The van der Waals surface area contributed by atoms with Crippen molar-refractivity contribution in [2.24, 2.45) is 0 Å². The number of ether oxygens (including phenoxy) is 3. The summed E-state index contributed by atoms with van der Waals surface area (Å²) < 4.78 is 36.5. The maximum atomic E-state index is 13.6. The third kappa shape index (κ3) is 6.62. The molecule has 9 nitrogen and oxygen atoms in total. The minimum atomic E-state index is -0.509. The molecule has 5 rings (SSSR count). The molecule has 0 bridgehead atoms. The number of aromatic nitrogens is 1. The van der Waals surface area contributed by atoms with Crippen LogP contribution in [0, 0.1) is 5.82 Å². The summed E-state index contributed by atoms with van der Waals surface area (Å²) in [5.41, 5.74) is 2.46. The fourth-order valence-electron chi connectivity index (χ4n) is 5.23. The van der Waals surface area contributed by atoms with Gasteiger partial charge < -0.3 is 28.7 Å². The first-order valence-electron chi connectivity index (χ1n) is 13.0. The summed E-state index contributed by atoms with van der Waals surface area (Å²) in [5.74, 6) is 0.432. The molecular weight excluding hydrogens is 467 g/mol. The molecule has 1 aromatic heterocycles. The minimum absolute atomic E-state index is 0.140. The first-order chi connectivity index (χ1) is 17.7. The second-order valence-corrected chi connectivity index (χ2v) is 9.82. The summed E-state index contributed by atoms with van der Waals surface area (Å²) in [6, 6.07) is 6.35. The number of aliphatic hydroxyl groups excluding tert-OH is 1. The third-order valence-electron chi connectivity index (χ3n) is 7.09. The number of morpholine rings is 2. The molecule has 198 valence electrons. The quantitative estimate of drug-likeness (QED) is 0.522. The van der Waals surface area contributed by atoms with Crippen LogP contribution >= 0.6 is 0 Å². The topological polar surface area (TPSA) is 83.7 Å². The fraction of sp³-hybridized carbons (Fsp3) is 0.654. The van der Waals surface area contributed by atoms with E-state index in [1.165, 1.54) is 12.1 Å². The zero-order chi connectivity index (χ0) is 24.7. The first kappa shape index (κ1) is 25.6. The number of hydrogen-bond donors (Lipinski definition) is 1. The van der Waals surface area contributed by atoms with Gasteiger partial charge in [0.2, 0.25) is 5.88 Å². The summed E-state index contributed by atoms with van der Waals surface area (Å²) in [7, 11) is 0. The van der Waals surface area contributed by atoms with Gasteiger partial charge in [-0.15, -0.1) is 0 Å². The van der Waals surface area contributed by atoms with Gasteiger partial charge >= 0.3 is 0 Å². The van der Waals surface area contributed by atoms with Crippen LogP contribution < -0.4 is 4.90 Å². The highest BCUT2D eigenvalue weighted by Gasteiger charge is 2.29. The van der Waals surface area contributed by atoms with Gasteiger partial charge in [-0.2, -0.15) is 0 Å². The largest absolute Gasteiger partial charge is 0.390 e. The highest BCUT2D eigenvalue weighted by atomic mass is 19.1. The number of rotatable bonds is 10. The second kappa shape index (κ2) is 12.4. The molecule has 0 amide bonds. The van der Waals surface area contributed by atoms with E-state index >= 15 is 0 Å². The maximum absolute atomic E-state index is 13.6. The van der Waals surface area contributed by atoms with E-state index in [1.54, 1.807) is 12.1 Å². The molecule has 3 aliphatic rings. The Hall–Kier alpha value is -2.08. The van der Waals surface area contributed by atoms with Gasteiger partial charge in [-0.3, -0.25) is 9.80 Å². The monoisotopic (exact) mass is 504 g/mol. The average Bonchev–Trinajstić information content (AvgIpc) is 3.56. The molecule has 4 heterocycles. The summed E-state index contributed by atoms with van der Waals surface area (Å²) in [6.45, 7) is 8.94. The molecule has 0 radical (unpaired) electrons. The number of anilines is 1. The van der Waals surface area contributed by atoms with Crippen LogP contribution in [0.3, 0.4) is 0 Å². The van der Waals surface area contributed by atoms with Crippen LogP contribution in [0.15, 0.2) is 28.8 Å². The van der Waals surface area contributed by atoms with E-state index in [2.05, 4.69) is 19.9 Å². The van der Waals surface area contributed by atoms with Gasteiger partial charge in [0.05, 0.1) is 44.2 Å². The van der Waals surface area contributed by atoms with Crippen LogP contribution in [-0.2, 0) is 20.8 Å². The van der Waals surface area contributed by atoms with Crippen molar-refractivity contribution in [3.8, 4) is 11.3 Å². The standard InChI is InChI=1S/C26H37FN4O5/c27-21-5-3-20(4-6-21)25-24(26(36-28-25)31-9-14-34-15-10-31)19-30(18-23-2-1-11-35-23)17-22(32)16-29-7-12-33-13-8-29/h3-6,22-23,32H,1-2,7-19H2/t22-,23-/m1/s1. The molecular formula is C26H37FN4O5. The Bertz CT molecular complexity index is 940. The zero-order valence-corrected chi connectivity index (χ0v) is 20.8. The van der Waals surface area contributed by atoms with Crippen LogP contribution in [0.4, 0.5) is 10.3 Å². The third-order valence-corrected chi connectivity index (χ3v) is 7.09. The molecule has 36 heavy (non-hydrogen) atoms. The zero-order valence-electron chi connectivity index (χ0n) is 20.8. The number of nitrogens with zero attached hydrogens (tertiary/aromatic N) is 4. The molecule has 10 heteroatoms. The number of benzene rings is 1. The lowest BCUT2D eigenvalue weighted by atomic mass is 10.1. The lowest BCUT2D eigenvalue weighted by Gasteiger charge is -2.32. The smallest absolute Gasteiger partial charge is 0.232 e. The predicted molar refractivity (Wildman–Crippen MR) is 132 cm³/mol. The number of β-amino-alcohol motifs (C(OH)–C–C–N with tert-alkyl or cyclic N) is 1. The molecule has 0 spiro atoms. The average molecular weight is 505 g/mol. The van der Waals surface area contributed by atoms with E-state index in [1.807, 2.05) is 0 Å². The van der Waals surface area contributed by atoms with E-state index in [0.29, 0.717) is 51.8 Å². The number of hydrogen-bond acceptors (Lipinski definition) is 9. The van der Waals surface area contributed by atoms with E-state index < -0.39 is 6.10 Å². The molecule has 0 unspecified atom stereocenters. The van der Waals surface area contributed by atoms with Gasteiger partial charge in [0.25, 0.3) is 0 Å². The van der Waals surface area contributed by atoms with Gasteiger partial charge in [-0.1, -0.05) is 5.16 Å². The van der Waals surface area contributed by atoms with E-state index in [9.17, 15) is 9.50 Å². The lowest BCUT2D eigenvalue weighted by molar-refractivity contribution is -0.000100. The summed E-state index contributed by atoms with van der Waals surface area (Å²) in [4.78, 5) is 6.67. The molecule has 3 saturated heterocycles. The summed E-state index contributed by atoms with van der Waals surface area (Å²) in [5, 5.41) is 15.5. The molecule has 2 atom stereocenters. The maximum Gasteiger partial charge on any atom is 0.232 e. The van der Waals surface area contributed by atoms with Gasteiger partial charge in [-0.05, 0) is 37.1 Å². The Labute approximate surface area is 211 Å². The van der Waals surface area contributed by atoms with Crippen molar-refractivity contribution in [3.63, 3.8) is 0 Å². The summed E-state index contributed by atoms with van der Waals surface area (Å²) >= 11 is 0. The fourth-order valence-corrected chi connectivity index (χ4v) is 5.23. The second-order valence-electron chi connectivity index (χ2n) is 9.82. The Morgan fingerprint density at radius 2 is 1.75 bits per heavy atom. The van der Waals surface area contributed by atoms with Crippen molar-refractivity contribution in [3.05, 3.63) is 35.6 Å². The van der Waals surface area contributed by atoms with Gasteiger partial charge in [0.1, 0.15) is 11.5 Å². The van der Waals surface area contributed by atoms with Crippen molar-refractivity contribution in [1.82, 2.24) is 15.0 Å². The van der Waals surface area contributed by atoms with Gasteiger partial charge in [-0.25, -0.2) is 4.39 Å². The van der Waals surface area contributed by atoms with E-state index in [-0.39, 0.29) is 11.9 Å². The predicted octanol–water partition coefficient (Wildman–Crippen LogP) is 1.99. The van der Waals surface area contributed by atoms with Gasteiger partial charge in [0, 0.05) is 64.5 Å². The number of halogens is 1. The van der Waals surface area contributed by atoms with Crippen molar-refractivity contribution in [2.75, 3.05) is 83.7 Å². The molecule has 1 N–H and O–H groups in total. The van der Waals surface area contributed by atoms with Crippen molar-refractivity contribution in [2.45, 2.75) is 31.6 Å². The lowest BCUT2D eigenvalue weighted by Crippen LogP contribution is -2.45. The van der Waals surface area contributed by atoms with Crippen molar-refractivity contribution < 1.29 is 28.2 Å². The van der Waals surface area contributed by atoms with Crippen LogP contribution in [-0.4, -0.2) is 111 Å². The van der Waals surface area contributed by atoms with E-state index in [4.69, 9.17) is 18.7 Å².